The van der Waals surface area contributed by atoms with Crippen LogP contribution in [0.15, 0.2) is 0 Å². The summed E-state index contributed by atoms with van der Waals surface area (Å²) in [6.45, 7) is 2.61. The van der Waals surface area contributed by atoms with Crippen molar-refractivity contribution in [2.45, 2.75) is 31.9 Å². The molecule has 11 heavy (non-hydrogen) atoms. The highest BCUT2D eigenvalue weighted by molar-refractivity contribution is 5.00. The van der Waals surface area contributed by atoms with E-state index in [1.165, 1.54) is 0 Å². The predicted octanol–water partition coefficient (Wildman–Crippen LogP) is 0.465. The minimum absolute atomic E-state index is 0.112. The van der Waals surface area contributed by atoms with Crippen LogP contribution in [0.1, 0.15) is 19.8 Å². The molecule has 2 nitrogen and oxygen atoms in total. The van der Waals surface area contributed by atoms with Crippen LogP contribution in [0.2, 0.25) is 0 Å². The van der Waals surface area contributed by atoms with Gasteiger partial charge >= 0.3 is 0 Å². The minimum Gasteiger partial charge on any atom is -0.391 e. The molecule has 62 valence electrons. The smallest absolute Gasteiger partial charge is 0.0696 e. The summed E-state index contributed by atoms with van der Waals surface area (Å²) in [4.78, 5) is 2.12. The Balaban J connectivity index is 2.27. The summed E-state index contributed by atoms with van der Waals surface area (Å²) in [7, 11) is 2.01. The van der Waals surface area contributed by atoms with Gasteiger partial charge in [-0.25, -0.2) is 0 Å². The van der Waals surface area contributed by atoms with Crippen molar-refractivity contribution >= 4 is 0 Å². The molecule has 2 unspecified atom stereocenters. The van der Waals surface area contributed by atoms with E-state index in [1.807, 2.05) is 14.0 Å². The lowest BCUT2D eigenvalue weighted by Crippen LogP contribution is -2.48. The van der Waals surface area contributed by atoms with E-state index in [9.17, 15) is 5.11 Å². The van der Waals surface area contributed by atoms with Crippen molar-refractivity contribution in [2.24, 2.45) is 0 Å². The van der Waals surface area contributed by atoms with Gasteiger partial charge in [-0.05, 0) is 26.8 Å². The Morgan fingerprint density at radius 3 is 2.64 bits per heavy atom. The zero-order chi connectivity index (χ0) is 8.27. The summed E-state index contributed by atoms with van der Waals surface area (Å²) >= 11 is 0. The van der Waals surface area contributed by atoms with Gasteiger partial charge in [0, 0.05) is 6.04 Å². The van der Waals surface area contributed by atoms with E-state index in [1.54, 1.807) is 0 Å². The third kappa shape index (κ3) is 1.95. The summed E-state index contributed by atoms with van der Waals surface area (Å²) in [5.41, 5.74) is 0. The van der Waals surface area contributed by atoms with Crippen molar-refractivity contribution in [1.29, 1.82) is 0 Å². The van der Waals surface area contributed by atoms with E-state index < -0.39 is 0 Å². The molecule has 0 radical (unpaired) electrons. The third-order valence-corrected chi connectivity index (χ3v) is 2.27. The Kier molecular flexibility index (Phi) is 2.92. The Morgan fingerprint density at radius 2 is 2.27 bits per heavy atom. The average molecular weight is 153 g/mol. The number of nitrogens with zero attached hydrogens (tertiary/aromatic N) is 1. The summed E-state index contributed by atoms with van der Waals surface area (Å²) in [5.74, 6) is 5.83. The Bertz CT molecular complexity index is 180. The zero-order valence-corrected chi connectivity index (χ0v) is 7.17. The summed E-state index contributed by atoms with van der Waals surface area (Å²) in [6.07, 6.45) is 1.95. The molecular weight excluding hydrogens is 138 g/mol. The van der Waals surface area contributed by atoms with Crippen LogP contribution in [0.5, 0.6) is 0 Å². The Morgan fingerprint density at radius 1 is 1.55 bits per heavy atom. The van der Waals surface area contributed by atoms with Crippen LogP contribution < -0.4 is 0 Å². The van der Waals surface area contributed by atoms with E-state index in [0.29, 0.717) is 6.04 Å². The highest BCUT2D eigenvalue weighted by atomic mass is 16.3. The predicted molar refractivity (Wildman–Crippen MR) is 45.1 cm³/mol. The van der Waals surface area contributed by atoms with Crippen LogP contribution >= 0.6 is 0 Å². The maximum atomic E-state index is 9.29. The fraction of sp³-hybridized carbons (Fsp3) is 0.778. The molecule has 0 bridgehead atoms. The number of aliphatic hydroxyl groups is 1. The lowest BCUT2D eigenvalue weighted by Gasteiger charge is -2.38. The monoisotopic (exact) mass is 153 g/mol. The van der Waals surface area contributed by atoms with Crippen molar-refractivity contribution in [1.82, 2.24) is 4.90 Å². The molecule has 0 amide bonds. The highest BCUT2D eigenvalue weighted by Crippen LogP contribution is 2.23. The van der Waals surface area contributed by atoms with Gasteiger partial charge in [0.05, 0.1) is 12.6 Å². The first kappa shape index (κ1) is 8.58. The number of hydrogen-bond donors (Lipinski definition) is 1. The molecule has 2 heteroatoms. The Hall–Kier alpha value is -0.520. The maximum Gasteiger partial charge on any atom is 0.0696 e. The number of hydrogen-bond acceptors (Lipinski definition) is 2. The first-order chi connectivity index (χ1) is 5.25. The van der Waals surface area contributed by atoms with E-state index in [4.69, 9.17) is 0 Å². The zero-order valence-electron chi connectivity index (χ0n) is 7.17. The van der Waals surface area contributed by atoms with E-state index in [-0.39, 0.29) is 6.10 Å². The minimum atomic E-state index is -0.112. The molecule has 1 aliphatic rings. The van der Waals surface area contributed by atoms with Crippen molar-refractivity contribution in [3.63, 3.8) is 0 Å². The number of aliphatic hydroxyl groups excluding tert-OH is 1. The third-order valence-electron chi connectivity index (χ3n) is 2.27. The normalized spacial score (nSPS) is 29.1. The first-order valence-corrected chi connectivity index (χ1v) is 4.03. The molecule has 1 aliphatic carbocycles. The Labute approximate surface area is 68.2 Å². The second kappa shape index (κ2) is 3.75. The van der Waals surface area contributed by atoms with Gasteiger partial charge in [-0.2, -0.15) is 0 Å². The van der Waals surface area contributed by atoms with Gasteiger partial charge in [0.2, 0.25) is 0 Å². The molecule has 1 saturated carbocycles. The maximum absolute atomic E-state index is 9.29. The van der Waals surface area contributed by atoms with Gasteiger partial charge in [0.1, 0.15) is 0 Å². The van der Waals surface area contributed by atoms with E-state index in [2.05, 4.69) is 16.7 Å². The van der Waals surface area contributed by atoms with Gasteiger partial charge in [0.25, 0.3) is 0 Å². The van der Waals surface area contributed by atoms with Crippen molar-refractivity contribution in [2.75, 3.05) is 13.6 Å². The molecule has 2 atom stereocenters. The van der Waals surface area contributed by atoms with Gasteiger partial charge < -0.3 is 5.11 Å². The topological polar surface area (TPSA) is 23.5 Å². The highest BCUT2D eigenvalue weighted by Gasteiger charge is 2.31. The van der Waals surface area contributed by atoms with Crippen LogP contribution in [0.25, 0.3) is 0 Å². The lowest BCUT2D eigenvalue weighted by molar-refractivity contribution is -0.00435. The molecule has 0 aromatic rings. The molecule has 1 rings (SSSR count). The van der Waals surface area contributed by atoms with Crippen LogP contribution in [-0.4, -0.2) is 35.7 Å². The molecule has 0 aromatic carbocycles. The second-order valence-electron chi connectivity index (χ2n) is 3.05. The second-order valence-corrected chi connectivity index (χ2v) is 3.05. The first-order valence-electron chi connectivity index (χ1n) is 4.03. The average Bonchev–Trinajstić information content (AvgIpc) is 1.98. The largest absolute Gasteiger partial charge is 0.391 e. The van der Waals surface area contributed by atoms with Crippen LogP contribution in [0.3, 0.4) is 0 Å². The van der Waals surface area contributed by atoms with Gasteiger partial charge in [-0.15, -0.1) is 5.92 Å². The number of likely N-dealkylation sites (N-methyl/N-ethyl adjacent to an activating group) is 1. The van der Waals surface area contributed by atoms with Crippen molar-refractivity contribution < 1.29 is 5.11 Å². The summed E-state index contributed by atoms with van der Waals surface area (Å²) in [5, 5.41) is 9.29. The SMILES string of the molecule is CC#CCN(C)C1CCC1O. The summed E-state index contributed by atoms with van der Waals surface area (Å²) in [6, 6.07) is 0.357. The van der Waals surface area contributed by atoms with E-state index >= 15 is 0 Å². The molecular formula is C9H15NO. The van der Waals surface area contributed by atoms with Crippen LogP contribution in [-0.2, 0) is 0 Å². The molecule has 0 spiro atoms. The van der Waals surface area contributed by atoms with Crippen LogP contribution in [0.4, 0.5) is 0 Å². The fourth-order valence-corrected chi connectivity index (χ4v) is 1.30. The lowest BCUT2D eigenvalue weighted by atomic mass is 9.88. The molecule has 0 heterocycles. The summed E-state index contributed by atoms with van der Waals surface area (Å²) < 4.78 is 0. The molecule has 0 saturated heterocycles. The van der Waals surface area contributed by atoms with Crippen molar-refractivity contribution in [3.05, 3.63) is 0 Å². The molecule has 0 aliphatic heterocycles. The molecule has 0 aromatic heterocycles. The standard InChI is InChI=1S/C9H15NO/c1-3-4-7-10(2)8-5-6-9(8)11/h8-9,11H,5-7H2,1-2H3. The molecule has 1 N–H and O–H groups in total. The number of rotatable bonds is 2. The van der Waals surface area contributed by atoms with Gasteiger partial charge in [-0.1, -0.05) is 5.92 Å². The van der Waals surface area contributed by atoms with Crippen LogP contribution in [0, 0.1) is 11.8 Å². The van der Waals surface area contributed by atoms with E-state index in [0.717, 1.165) is 19.4 Å². The van der Waals surface area contributed by atoms with Crippen molar-refractivity contribution in [3.8, 4) is 11.8 Å². The van der Waals surface area contributed by atoms with Gasteiger partial charge in [0.15, 0.2) is 0 Å². The quantitative estimate of drug-likeness (QED) is 0.583. The molecule has 1 fully saturated rings. The fourth-order valence-electron chi connectivity index (χ4n) is 1.30. The van der Waals surface area contributed by atoms with Gasteiger partial charge in [-0.3, -0.25) is 4.90 Å².